The third-order valence-electron chi connectivity index (χ3n) is 4.66. The number of hydrogen-bond donors (Lipinski definition) is 2. The minimum atomic E-state index is -0.979. The van der Waals surface area contributed by atoms with E-state index >= 15 is 0 Å². The number of rotatable bonds is 7. The van der Waals surface area contributed by atoms with Crippen LogP contribution in [0.4, 0.5) is 0 Å². The number of hydrogen-bond acceptors (Lipinski definition) is 4. The lowest BCUT2D eigenvalue weighted by Gasteiger charge is -2.19. The van der Waals surface area contributed by atoms with E-state index in [4.69, 9.17) is 4.74 Å². The fraction of sp³-hybridized carbons (Fsp3) is 0.174. The highest BCUT2D eigenvalue weighted by molar-refractivity contribution is 5.95. The molecule has 2 N–H and O–H groups in total. The van der Waals surface area contributed by atoms with Crippen molar-refractivity contribution < 1.29 is 19.4 Å². The second-order valence-corrected chi connectivity index (χ2v) is 6.64. The maximum atomic E-state index is 12.9. The van der Waals surface area contributed by atoms with Crippen LogP contribution in [0.5, 0.6) is 5.75 Å². The number of nitrogens with one attached hydrogen (secondary N) is 1. The minimum absolute atomic E-state index is 0.201. The lowest BCUT2D eigenvalue weighted by atomic mass is 9.98. The molecule has 1 atom stereocenters. The Kier molecular flexibility index (Phi) is 6.24. The lowest BCUT2D eigenvalue weighted by Crippen LogP contribution is -2.30. The number of aromatic nitrogens is 1. The normalized spacial score (nSPS) is 11.5. The van der Waals surface area contributed by atoms with Gasteiger partial charge in [0, 0.05) is 17.3 Å². The molecule has 29 heavy (non-hydrogen) atoms. The summed E-state index contributed by atoms with van der Waals surface area (Å²) in [6, 6.07) is 17.5. The number of aliphatic carboxylic acids is 1. The zero-order valence-corrected chi connectivity index (χ0v) is 16.3. The summed E-state index contributed by atoms with van der Waals surface area (Å²) in [4.78, 5) is 28.5. The number of nitrogens with zero attached hydrogens (tertiary/aromatic N) is 1. The molecular formula is C23H22N2O4. The Labute approximate surface area is 169 Å². The first-order valence-electron chi connectivity index (χ1n) is 9.16. The number of carboxylic acids is 1. The van der Waals surface area contributed by atoms with Gasteiger partial charge in [-0.15, -0.1) is 0 Å². The zero-order chi connectivity index (χ0) is 20.8. The molecule has 1 heterocycles. The van der Waals surface area contributed by atoms with Gasteiger partial charge in [-0.05, 0) is 54.4 Å². The van der Waals surface area contributed by atoms with Crippen LogP contribution in [-0.4, -0.2) is 29.1 Å². The molecule has 0 saturated heterocycles. The Morgan fingerprint density at radius 1 is 1.10 bits per heavy atom. The van der Waals surface area contributed by atoms with Gasteiger partial charge in [-0.25, -0.2) is 0 Å². The first kappa shape index (κ1) is 20.1. The van der Waals surface area contributed by atoms with Crippen molar-refractivity contribution in [2.75, 3.05) is 7.11 Å². The Morgan fingerprint density at radius 2 is 1.83 bits per heavy atom. The third-order valence-corrected chi connectivity index (χ3v) is 4.66. The average Bonchev–Trinajstić information content (AvgIpc) is 2.73. The summed E-state index contributed by atoms with van der Waals surface area (Å²) >= 11 is 0. The van der Waals surface area contributed by atoms with Gasteiger partial charge in [0.25, 0.3) is 5.91 Å². The second kappa shape index (κ2) is 9.01. The molecular weight excluding hydrogens is 368 g/mol. The van der Waals surface area contributed by atoms with Crippen LogP contribution in [0.15, 0.2) is 66.9 Å². The first-order valence-corrected chi connectivity index (χ1v) is 9.16. The lowest BCUT2D eigenvalue weighted by molar-refractivity contribution is -0.137. The van der Waals surface area contributed by atoms with Gasteiger partial charge in [-0.2, -0.15) is 0 Å². The average molecular weight is 390 g/mol. The third kappa shape index (κ3) is 4.99. The second-order valence-electron chi connectivity index (χ2n) is 6.64. The van der Waals surface area contributed by atoms with Gasteiger partial charge >= 0.3 is 5.97 Å². The monoisotopic (exact) mass is 390 g/mol. The molecule has 148 valence electrons. The van der Waals surface area contributed by atoms with Crippen LogP contribution >= 0.6 is 0 Å². The standard InChI is InChI=1S/C23H22N2O4/c1-15-5-3-4-6-19(15)21(14-22(26)27)25-23(28)17-11-12-24-20(13-17)16-7-9-18(29-2)10-8-16/h3-13,21H,14H2,1-2H3,(H,25,28)(H,26,27)/t21-/m0/s1. The number of aryl methyl sites for hydroxylation is 1. The van der Waals surface area contributed by atoms with E-state index in [-0.39, 0.29) is 12.3 Å². The smallest absolute Gasteiger partial charge is 0.305 e. The molecule has 0 bridgehead atoms. The topological polar surface area (TPSA) is 88.5 Å². The number of carboxylic acid groups (broad SMARTS) is 1. The summed E-state index contributed by atoms with van der Waals surface area (Å²) in [7, 11) is 1.60. The number of carbonyl (C=O) groups excluding carboxylic acids is 1. The maximum absolute atomic E-state index is 12.9. The van der Waals surface area contributed by atoms with Gasteiger partial charge in [0.05, 0.1) is 25.3 Å². The van der Waals surface area contributed by atoms with Crippen molar-refractivity contribution in [2.45, 2.75) is 19.4 Å². The van der Waals surface area contributed by atoms with Crippen LogP contribution < -0.4 is 10.1 Å². The molecule has 6 heteroatoms. The summed E-state index contributed by atoms with van der Waals surface area (Å²) in [5.74, 6) is -0.596. The van der Waals surface area contributed by atoms with Gasteiger partial charge in [0.2, 0.25) is 0 Å². The van der Waals surface area contributed by atoms with Gasteiger partial charge < -0.3 is 15.2 Å². The SMILES string of the molecule is COc1ccc(-c2cc(C(=O)N[C@@H](CC(=O)O)c3ccccc3C)ccn2)cc1. The van der Waals surface area contributed by atoms with Crippen LogP contribution in [0, 0.1) is 6.92 Å². The number of carbonyl (C=O) groups is 2. The van der Waals surface area contributed by atoms with E-state index in [2.05, 4.69) is 10.3 Å². The molecule has 1 amide bonds. The number of methoxy groups -OCH3 is 1. The van der Waals surface area contributed by atoms with Crippen LogP contribution in [0.1, 0.15) is 33.9 Å². The van der Waals surface area contributed by atoms with Crippen molar-refractivity contribution in [3.05, 3.63) is 83.6 Å². The van der Waals surface area contributed by atoms with Crippen LogP contribution in [0.3, 0.4) is 0 Å². The van der Waals surface area contributed by atoms with E-state index < -0.39 is 12.0 Å². The van der Waals surface area contributed by atoms with E-state index in [9.17, 15) is 14.7 Å². The minimum Gasteiger partial charge on any atom is -0.497 e. The van der Waals surface area contributed by atoms with Crippen LogP contribution in [0.2, 0.25) is 0 Å². The van der Waals surface area contributed by atoms with Gasteiger partial charge in [0.1, 0.15) is 5.75 Å². The Bertz CT molecular complexity index is 1020. The number of pyridine rings is 1. The number of amides is 1. The quantitative estimate of drug-likeness (QED) is 0.636. The Balaban J connectivity index is 1.84. The largest absolute Gasteiger partial charge is 0.497 e. The summed E-state index contributed by atoms with van der Waals surface area (Å²) in [6.07, 6.45) is 1.36. The fourth-order valence-corrected chi connectivity index (χ4v) is 3.12. The van der Waals surface area contributed by atoms with Gasteiger partial charge in [0.15, 0.2) is 0 Å². The van der Waals surface area contributed by atoms with E-state index in [1.807, 2.05) is 55.5 Å². The Morgan fingerprint density at radius 3 is 2.48 bits per heavy atom. The molecule has 2 aromatic carbocycles. The van der Waals surface area contributed by atoms with Crippen molar-refractivity contribution in [1.82, 2.24) is 10.3 Å². The molecule has 6 nitrogen and oxygen atoms in total. The van der Waals surface area contributed by atoms with Crippen molar-refractivity contribution in [2.24, 2.45) is 0 Å². The molecule has 1 aromatic heterocycles. The molecule has 0 aliphatic heterocycles. The molecule has 0 unspecified atom stereocenters. The van der Waals surface area contributed by atoms with E-state index in [0.29, 0.717) is 11.3 Å². The predicted molar refractivity (Wildman–Crippen MR) is 110 cm³/mol. The molecule has 0 saturated carbocycles. The molecule has 0 spiro atoms. The van der Waals surface area contributed by atoms with E-state index in [0.717, 1.165) is 22.4 Å². The summed E-state index contributed by atoms with van der Waals surface area (Å²) in [5, 5.41) is 12.1. The van der Waals surface area contributed by atoms with Gasteiger partial charge in [-0.1, -0.05) is 24.3 Å². The van der Waals surface area contributed by atoms with Crippen LogP contribution in [-0.2, 0) is 4.79 Å². The number of benzene rings is 2. The molecule has 0 aliphatic rings. The first-order chi connectivity index (χ1) is 14.0. The predicted octanol–water partition coefficient (Wildman–Crippen LogP) is 4.01. The van der Waals surface area contributed by atoms with E-state index in [1.165, 1.54) is 0 Å². The van der Waals surface area contributed by atoms with Crippen molar-refractivity contribution in [3.8, 4) is 17.0 Å². The maximum Gasteiger partial charge on any atom is 0.305 e. The molecule has 0 fully saturated rings. The Hall–Kier alpha value is -3.67. The molecule has 0 aliphatic carbocycles. The van der Waals surface area contributed by atoms with Crippen LogP contribution in [0.25, 0.3) is 11.3 Å². The molecule has 3 aromatic rings. The highest BCUT2D eigenvalue weighted by atomic mass is 16.5. The summed E-state index contributed by atoms with van der Waals surface area (Å²) < 4.78 is 5.16. The molecule has 0 radical (unpaired) electrons. The highest BCUT2D eigenvalue weighted by Crippen LogP contribution is 2.23. The summed E-state index contributed by atoms with van der Waals surface area (Å²) in [6.45, 7) is 1.89. The van der Waals surface area contributed by atoms with Crippen molar-refractivity contribution in [3.63, 3.8) is 0 Å². The van der Waals surface area contributed by atoms with E-state index in [1.54, 1.807) is 25.4 Å². The fourth-order valence-electron chi connectivity index (χ4n) is 3.12. The zero-order valence-electron chi connectivity index (χ0n) is 16.3. The molecule has 3 rings (SSSR count). The highest BCUT2D eigenvalue weighted by Gasteiger charge is 2.20. The summed E-state index contributed by atoms with van der Waals surface area (Å²) in [5.41, 5.74) is 3.61. The van der Waals surface area contributed by atoms with Crippen molar-refractivity contribution in [1.29, 1.82) is 0 Å². The van der Waals surface area contributed by atoms with Gasteiger partial charge in [-0.3, -0.25) is 14.6 Å². The van der Waals surface area contributed by atoms with Crippen molar-refractivity contribution >= 4 is 11.9 Å². The number of ether oxygens (including phenoxy) is 1.